The van der Waals surface area contributed by atoms with Crippen molar-refractivity contribution < 1.29 is 43.5 Å². The highest BCUT2D eigenvalue weighted by molar-refractivity contribution is 5.87. The number of hydrogen-bond donors (Lipinski definition) is 2. The number of methoxy groups -OCH3 is 1. The van der Waals surface area contributed by atoms with Crippen LogP contribution in [0.4, 0.5) is 0 Å². The van der Waals surface area contributed by atoms with Crippen LogP contribution in [0.5, 0.6) is 18.0 Å². The van der Waals surface area contributed by atoms with Crippen LogP contribution in [0.3, 0.4) is 0 Å². The average molecular weight is 796 g/mol. The molecule has 0 aliphatic heterocycles. The molecule has 0 aliphatic rings. The molecule has 0 atom stereocenters. The Morgan fingerprint density at radius 2 is 0.786 bits per heavy atom. The van der Waals surface area contributed by atoms with Crippen molar-refractivity contribution in [2.45, 2.75) is 182 Å². The Kier molecular flexibility index (Phi) is 42.0. The van der Waals surface area contributed by atoms with Crippen LogP contribution in [0.15, 0.2) is 24.3 Å². The maximum Gasteiger partial charge on any atom is 0.333 e. The number of nitrogens with zero attached hydrogens (tertiary/aromatic N) is 3. The third-order valence-electron chi connectivity index (χ3n) is 8.48. The lowest BCUT2D eigenvalue weighted by atomic mass is 10.1. The van der Waals surface area contributed by atoms with Crippen molar-refractivity contribution in [1.82, 2.24) is 15.0 Å². The summed E-state index contributed by atoms with van der Waals surface area (Å²) < 4.78 is 25.8. The zero-order valence-electron chi connectivity index (χ0n) is 36.2. The highest BCUT2D eigenvalue weighted by Gasteiger charge is 2.09. The van der Waals surface area contributed by atoms with Gasteiger partial charge in [-0.05, 0) is 39.5 Å². The van der Waals surface area contributed by atoms with Crippen molar-refractivity contribution in [3.8, 4) is 18.0 Å². The lowest BCUT2D eigenvalue weighted by Gasteiger charge is -2.08. The molecule has 2 N–H and O–H groups in total. The molecule has 12 heteroatoms. The summed E-state index contributed by atoms with van der Waals surface area (Å²) in [5.41, 5.74) is 0.945. The lowest BCUT2D eigenvalue weighted by Crippen LogP contribution is -2.08. The van der Waals surface area contributed by atoms with Gasteiger partial charge in [-0.25, -0.2) is 9.59 Å². The van der Waals surface area contributed by atoms with Crippen molar-refractivity contribution in [3.05, 3.63) is 24.3 Å². The summed E-state index contributed by atoms with van der Waals surface area (Å²) in [5.74, 6) is -0.556. The number of carbonyl (C=O) groups excluding carboxylic acids is 2. The summed E-state index contributed by atoms with van der Waals surface area (Å²) in [6, 6.07) is 0.534. The molecule has 12 nitrogen and oxygen atoms in total. The predicted molar refractivity (Wildman–Crippen MR) is 225 cm³/mol. The van der Waals surface area contributed by atoms with E-state index in [0.717, 1.165) is 44.9 Å². The van der Waals surface area contributed by atoms with Crippen molar-refractivity contribution in [3.63, 3.8) is 0 Å². The van der Waals surface area contributed by atoms with Gasteiger partial charge >= 0.3 is 30.0 Å². The minimum absolute atomic E-state index is 0.0598. The Balaban J connectivity index is 0. The molecule has 0 spiro atoms. The number of unbranched alkanes of at least 4 members (excludes halogenated alkanes) is 20. The lowest BCUT2D eigenvalue weighted by molar-refractivity contribution is -0.139. The molecule has 0 amide bonds. The predicted octanol–water partition coefficient (Wildman–Crippen LogP) is 10.2. The van der Waals surface area contributed by atoms with Crippen LogP contribution in [0, 0.1) is 0 Å². The van der Waals surface area contributed by atoms with Gasteiger partial charge in [-0.3, -0.25) is 0 Å². The smallest absolute Gasteiger partial charge is 0.333 e. The molecule has 1 heterocycles. The summed E-state index contributed by atoms with van der Waals surface area (Å²) in [5, 5.41) is 17.4. The zero-order chi connectivity index (χ0) is 41.9. The van der Waals surface area contributed by atoms with E-state index in [1.54, 1.807) is 13.8 Å². The van der Waals surface area contributed by atoms with Gasteiger partial charge in [-0.15, -0.1) is 15.0 Å². The van der Waals surface area contributed by atoms with Crippen molar-refractivity contribution in [1.29, 1.82) is 0 Å². The number of aromatic nitrogens is 3. The van der Waals surface area contributed by atoms with E-state index >= 15 is 0 Å². The Bertz CT molecular complexity index is 1090. The number of aliphatic hydroxyl groups excluding tert-OH is 2. The van der Waals surface area contributed by atoms with Crippen LogP contribution in [0.1, 0.15) is 182 Å². The molecule has 0 radical (unpaired) electrons. The number of aliphatic hydroxyl groups is 2. The molecule has 326 valence electrons. The molecule has 1 rings (SSSR count). The Morgan fingerprint density at radius 3 is 1.16 bits per heavy atom. The molecule has 0 saturated heterocycles. The van der Waals surface area contributed by atoms with Gasteiger partial charge in [0, 0.05) is 30.8 Å². The largest absolute Gasteiger partial charge is 0.467 e. The van der Waals surface area contributed by atoms with Crippen LogP contribution in [0.25, 0.3) is 0 Å². The summed E-state index contributed by atoms with van der Waals surface area (Å²) in [7, 11) is 1.48. The maximum absolute atomic E-state index is 11.1. The fraction of sp³-hybridized carbons (Fsp3) is 0.795. The fourth-order valence-electron chi connectivity index (χ4n) is 5.05. The highest BCUT2D eigenvalue weighted by Crippen LogP contribution is 2.16. The number of ether oxygens (including phenoxy) is 5. The molecule has 0 aliphatic carbocycles. The summed E-state index contributed by atoms with van der Waals surface area (Å²) in [6.07, 6.45) is 28.5. The number of hydrogen-bond acceptors (Lipinski definition) is 12. The van der Waals surface area contributed by atoms with Gasteiger partial charge in [0.05, 0.1) is 33.5 Å². The Morgan fingerprint density at radius 1 is 0.464 bits per heavy atom. The maximum atomic E-state index is 11.1. The van der Waals surface area contributed by atoms with Gasteiger partial charge in [0.1, 0.15) is 0 Å². The summed E-state index contributed by atoms with van der Waals surface area (Å²) >= 11 is 0. The van der Waals surface area contributed by atoms with Gasteiger partial charge < -0.3 is 33.9 Å². The standard InChI is InChI=1S/C19H35N3O4.C17H32O3.C8H14O2/c1-3-4-5-6-7-8-9-10-11-12-15-25-18-20-17(24-2)21-19(22-18)26-16-13-14-23;1-16(2)17(19)20-15-13-11-9-7-5-3-4-6-8-10-12-14-18;1-4-5-6-10-8(9)7(2)3/h23H,3-16H2,1-2H3;18H,1,3-15H2,2H3;2,4-6H2,1,3H3. The van der Waals surface area contributed by atoms with Crippen LogP contribution in [-0.4, -0.2) is 83.9 Å². The van der Waals surface area contributed by atoms with E-state index in [0.29, 0.717) is 50.6 Å². The van der Waals surface area contributed by atoms with E-state index in [9.17, 15) is 9.59 Å². The molecule has 0 fully saturated rings. The first-order valence-electron chi connectivity index (χ1n) is 21.6. The van der Waals surface area contributed by atoms with Gasteiger partial charge in [0.15, 0.2) is 0 Å². The first-order chi connectivity index (χ1) is 27.2. The zero-order valence-corrected chi connectivity index (χ0v) is 36.2. The molecule has 0 aromatic carbocycles. The quantitative estimate of drug-likeness (QED) is 0.0381. The molecule has 0 saturated carbocycles. The van der Waals surface area contributed by atoms with E-state index in [4.69, 9.17) is 33.9 Å². The fourth-order valence-corrected chi connectivity index (χ4v) is 5.05. The molecule has 0 bridgehead atoms. The second kappa shape index (κ2) is 42.9. The van der Waals surface area contributed by atoms with Crippen LogP contribution < -0.4 is 14.2 Å². The van der Waals surface area contributed by atoms with Gasteiger partial charge in [-0.2, -0.15) is 0 Å². The Labute approximate surface area is 340 Å². The second-order valence-corrected chi connectivity index (χ2v) is 14.1. The van der Waals surface area contributed by atoms with Crippen LogP contribution >= 0.6 is 0 Å². The molecular formula is C44H81N3O9. The topological polar surface area (TPSA) is 159 Å². The minimum Gasteiger partial charge on any atom is -0.467 e. The first-order valence-corrected chi connectivity index (χ1v) is 21.6. The summed E-state index contributed by atoms with van der Waals surface area (Å²) in [6.45, 7) is 17.0. The molecule has 56 heavy (non-hydrogen) atoms. The Hall–Kier alpha value is -3.25. The normalized spacial score (nSPS) is 10.3. The van der Waals surface area contributed by atoms with Crippen LogP contribution in [-0.2, 0) is 19.1 Å². The SMILES string of the molecule is C=C(C)C(=O)OCCCC.C=C(C)C(=O)OCCCCCCCCCCCCCO.CCCCCCCCCCCCOc1nc(OC)nc(OCCCO)n1. The third-order valence-corrected chi connectivity index (χ3v) is 8.48. The van der Waals surface area contributed by atoms with Crippen LogP contribution in [0.2, 0.25) is 0 Å². The number of carbonyl (C=O) groups is 2. The summed E-state index contributed by atoms with van der Waals surface area (Å²) in [4.78, 5) is 34.0. The third kappa shape index (κ3) is 39.0. The highest BCUT2D eigenvalue weighted by atomic mass is 16.5. The van der Waals surface area contributed by atoms with Gasteiger partial charge in [0.25, 0.3) is 0 Å². The van der Waals surface area contributed by atoms with E-state index in [1.165, 1.54) is 110 Å². The molecular weight excluding hydrogens is 714 g/mol. The second-order valence-electron chi connectivity index (χ2n) is 14.1. The monoisotopic (exact) mass is 796 g/mol. The van der Waals surface area contributed by atoms with E-state index in [2.05, 4.69) is 42.0 Å². The number of esters is 2. The van der Waals surface area contributed by atoms with E-state index < -0.39 is 0 Å². The van der Waals surface area contributed by atoms with Gasteiger partial charge in [0.2, 0.25) is 0 Å². The van der Waals surface area contributed by atoms with E-state index in [1.807, 2.05) is 0 Å². The van der Waals surface area contributed by atoms with Crippen molar-refractivity contribution in [2.24, 2.45) is 0 Å². The average Bonchev–Trinajstić information content (AvgIpc) is 3.19. The molecule has 1 aromatic heterocycles. The molecule has 0 unspecified atom stereocenters. The van der Waals surface area contributed by atoms with Gasteiger partial charge in [-0.1, -0.05) is 149 Å². The first kappa shape index (κ1) is 54.8. The molecule has 1 aromatic rings. The van der Waals surface area contributed by atoms with Crippen molar-refractivity contribution in [2.75, 3.05) is 46.8 Å². The minimum atomic E-state index is -0.284. The number of rotatable bonds is 35. The van der Waals surface area contributed by atoms with Crippen molar-refractivity contribution >= 4 is 11.9 Å². The van der Waals surface area contributed by atoms with E-state index in [-0.39, 0.29) is 36.6 Å².